The summed E-state index contributed by atoms with van der Waals surface area (Å²) in [6.07, 6.45) is 0.674. The number of hydrogen-bond donors (Lipinski definition) is 0. The topological polar surface area (TPSA) is 76.3 Å². The summed E-state index contributed by atoms with van der Waals surface area (Å²) in [4.78, 5) is 4.49. The molecule has 6 nitrogen and oxygen atoms in total. The number of sulfonamides is 1. The second kappa shape index (κ2) is 5.64. The first-order chi connectivity index (χ1) is 10.4. The van der Waals surface area contributed by atoms with E-state index in [1.807, 2.05) is 0 Å². The van der Waals surface area contributed by atoms with Crippen molar-refractivity contribution in [3.8, 4) is 0 Å². The van der Waals surface area contributed by atoms with Gasteiger partial charge in [0, 0.05) is 18.1 Å². The van der Waals surface area contributed by atoms with Crippen molar-refractivity contribution in [2.75, 3.05) is 13.1 Å². The van der Waals surface area contributed by atoms with E-state index in [-0.39, 0.29) is 5.92 Å². The van der Waals surface area contributed by atoms with E-state index in [4.69, 9.17) is 16.1 Å². The number of hydrogen-bond acceptors (Lipinski definition) is 5. The molecule has 8 heteroatoms. The zero-order valence-electron chi connectivity index (χ0n) is 12.3. The molecule has 22 heavy (non-hydrogen) atoms. The summed E-state index contributed by atoms with van der Waals surface area (Å²) < 4.78 is 32.1. The maximum atomic E-state index is 12.8. The van der Waals surface area contributed by atoms with Crippen LogP contribution in [-0.2, 0) is 10.0 Å². The van der Waals surface area contributed by atoms with Crippen LogP contribution in [0.2, 0.25) is 5.02 Å². The Bertz CT molecular complexity index is 803. The van der Waals surface area contributed by atoms with Gasteiger partial charge in [0.05, 0.1) is 10.8 Å². The fourth-order valence-corrected chi connectivity index (χ4v) is 4.60. The SMILES string of the molecule is Cc1noc(C2CCN(S(=O)(=O)c3ccc(Cl)cc3C)C2)n1. The van der Waals surface area contributed by atoms with E-state index in [9.17, 15) is 8.42 Å². The average molecular weight is 342 g/mol. The maximum absolute atomic E-state index is 12.8. The Labute approximate surface area is 134 Å². The Morgan fingerprint density at radius 3 is 2.77 bits per heavy atom. The van der Waals surface area contributed by atoms with Gasteiger partial charge in [-0.1, -0.05) is 16.8 Å². The molecule has 1 unspecified atom stereocenters. The Kier molecular flexibility index (Phi) is 3.96. The molecular weight excluding hydrogens is 326 g/mol. The smallest absolute Gasteiger partial charge is 0.243 e. The first kappa shape index (κ1) is 15.5. The van der Waals surface area contributed by atoms with Crippen molar-refractivity contribution in [3.63, 3.8) is 0 Å². The van der Waals surface area contributed by atoms with Gasteiger partial charge in [-0.05, 0) is 44.0 Å². The van der Waals surface area contributed by atoms with E-state index in [0.717, 1.165) is 0 Å². The van der Waals surface area contributed by atoms with Gasteiger partial charge in [-0.15, -0.1) is 0 Å². The lowest BCUT2D eigenvalue weighted by Crippen LogP contribution is -2.29. The fraction of sp³-hybridized carbons (Fsp3) is 0.429. The molecule has 118 valence electrons. The minimum Gasteiger partial charge on any atom is -0.339 e. The quantitative estimate of drug-likeness (QED) is 0.857. The molecule has 0 saturated carbocycles. The van der Waals surface area contributed by atoms with Crippen LogP contribution in [0.3, 0.4) is 0 Å². The lowest BCUT2D eigenvalue weighted by atomic mass is 10.1. The number of aromatic nitrogens is 2. The second-order valence-electron chi connectivity index (χ2n) is 5.44. The van der Waals surface area contributed by atoms with Gasteiger partial charge >= 0.3 is 0 Å². The second-order valence-corrected chi connectivity index (χ2v) is 7.78. The highest BCUT2D eigenvalue weighted by molar-refractivity contribution is 7.89. The molecule has 0 radical (unpaired) electrons. The number of rotatable bonds is 3. The van der Waals surface area contributed by atoms with E-state index in [0.29, 0.717) is 46.7 Å². The monoisotopic (exact) mass is 341 g/mol. The van der Waals surface area contributed by atoms with Gasteiger partial charge in [-0.3, -0.25) is 0 Å². The third-order valence-electron chi connectivity index (χ3n) is 3.80. The molecule has 0 aliphatic carbocycles. The number of nitrogens with zero attached hydrogens (tertiary/aromatic N) is 3. The molecule has 1 atom stereocenters. The van der Waals surface area contributed by atoms with Crippen LogP contribution in [0.5, 0.6) is 0 Å². The summed E-state index contributed by atoms with van der Waals surface area (Å²) in [7, 11) is -3.54. The molecule has 1 aliphatic heterocycles. The third kappa shape index (κ3) is 2.76. The van der Waals surface area contributed by atoms with E-state index in [1.54, 1.807) is 32.0 Å². The molecular formula is C14H16ClN3O3S. The zero-order valence-corrected chi connectivity index (χ0v) is 13.9. The van der Waals surface area contributed by atoms with Crippen molar-refractivity contribution in [1.82, 2.24) is 14.4 Å². The van der Waals surface area contributed by atoms with Crippen molar-refractivity contribution >= 4 is 21.6 Å². The molecule has 0 amide bonds. The molecule has 1 aromatic carbocycles. The van der Waals surface area contributed by atoms with Gasteiger partial charge in [0.1, 0.15) is 0 Å². The van der Waals surface area contributed by atoms with Crippen LogP contribution >= 0.6 is 11.6 Å². The van der Waals surface area contributed by atoms with Gasteiger partial charge in [0.15, 0.2) is 5.82 Å². The summed E-state index contributed by atoms with van der Waals surface area (Å²) in [5.41, 5.74) is 0.643. The standard InChI is InChI=1S/C14H16ClN3O3S/c1-9-7-12(15)3-4-13(9)22(19,20)18-6-5-11(8-18)14-16-10(2)17-21-14/h3-4,7,11H,5-6,8H2,1-2H3. The summed E-state index contributed by atoms with van der Waals surface area (Å²) in [6.45, 7) is 4.28. The molecule has 2 aromatic rings. The molecule has 1 fully saturated rings. The van der Waals surface area contributed by atoms with E-state index in [2.05, 4.69) is 10.1 Å². The Morgan fingerprint density at radius 2 is 2.14 bits per heavy atom. The highest BCUT2D eigenvalue weighted by Crippen LogP contribution is 2.31. The van der Waals surface area contributed by atoms with Gasteiger partial charge in [-0.2, -0.15) is 9.29 Å². The largest absolute Gasteiger partial charge is 0.339 e. The molecule has 3 rings (SSSR count). The molecule has 0 spiro atoms. The summed E-state index contributed by atoms with van der Waals surface area (Å²) in [5, 5.41) is 4.29. The summed E-state index contributed by atoms with van der Waals surface area (Å²) in [5.74, 6) is 1.01. The third-order valence-corrected chi connectivity index (χ3v) is 6.06. The Morgan fingerprint density at radius 1 is 1.36 bits per heavy atom. The summed E-state index contributed by atoms with van der Waals surface area (Å²) >= 11 is 5.90. The van der Waals surface area contributed by atoms with Crippen molar-refractivity contribution in [2.45, 2.75) is 31.1 Å². The molecule has 1 aliphatic rings. The minimum atomic E-state index is -3.54. The molecule has 0 N–H and O–H groups in total. The van der Waals surface area contributed by atoms with E-state index >= 15 is 0 Å². The van der Waals surface area contributed by atoms with Crippen molar-refractivity contribution in [3.05, 3.63) is 40.5 Å². The van der Waals surface area contributed by atoms with Crippen molar-refractivity contribution in [1.29, 1.82) is 0 Å². The molecule has 1 aromatic heterocycles. The van der Waals surface area contributed by atoms with Gasteiger partial charge in [-0.25, -0.2) is 8.42 Å². The van der Waals surface area contributed by atoms with Crippen LogP contribution in [0.25, 0.3) is 0 Å². The number of aryl methyl sites for hydroxylation is 2. The van der Waals surface area contributed by atoms with Crippen LogP contribution in [0.1, 0.15) is 29.6 Å². The number of halogens is 1. The predicted octanol–water partition coefficient (Wildman–Crippen LogP) is 2.52. The average Bonchev–Trinajstić information content (AvgIpc) is 3.06. The molecule has 1 saturated heterocycles. The fourth-order valence-electron chi connectivity index (χ4n) is 2.67. The summed E-state index contributed by atoms with van der Waals surface area (Å²) in [6, 6.07) is 4.80. The van der Waals surface area contributed by atoms with E-state index < -0.39 is 10.0 Å². The van der Waals surface area contributed by atoms with Crippen LogP contribution in [0.15, 0.2) is 27.6 Å². The first-order valence-corrected chi connectivity index (χ1v) is 8.76. The molecule has 2 heterocycles. The first-order valence-electron chi connectivity index (χ1n) is 6.94. The normalized spacial score (nSPS) is 19.7. The van der Waals surface area contributed by atoms with Crippen LogP contribution in [0.4, 0.5) is 0 Å². The molecule has 0 bridgehead atoms. The Hall–Kier alpha value is -1.44. The van der Waals surface area contributed by atoms with Crippen LogP contribution < -0.4 is 0 Å². The lowest BCUT2D eigenvalue weighted by Gasteiger charge is -2.17. The van der Waals surface area contributed by atoms with Crippen LogP contribution in [0, 0.1) is 13.8 Å². The predicted molar refractivity (Wildman–Crippen MR) is 81.3 cm³/mol. The van der Waals surface area contributed by atoms with Crippen LogP contribution in [-0.4, -0.2) is 36.0 Å². The van der Waals surface area contributed by atoms with Gasteiger partial charge < -0.3 is 4.52 Å². The van der Waals surface area contributed by atoms with Crippen molar-refractivity contribution in [2.24, 2.45) is 0 Å². The van der Waals surface area contributed by atoms with Gasteiger partial charge in [0.25, 0.3) is 0 Å². The highest BCUT2D eigenvalue weighted by atomic mass is 35.5. The zero-order chi connectivity index (χ0) is 15.9. The minimum absolute atomic E-state index is 0.0522. The highest BCUT2D eigenvalue weighted by Gasteiger charge is 2.36. The van der Waals surface area contributed by atoms with E-state index in [1.165, 1.54) is 4.31 Å². The van der Waals surface area contributed by atoms with Crippen molar-refractivity contribution < 1.29 is 12.9 Å². The lowest BCUT2D eigenvalue weighted by molar-refractivity contribution is 0.351. The maximum Gasteiger partial charge on any atom is 0.243 e. The van der Waals surface area contributed by atoms with Gasteiger partial charge in [0.2, 0.25) is 15.9 Å². The number of benzene rings is 1. The Balaban J connectivity index is 1.85.